The summed E-state index contributed by atoms with van der Waals surface area (Å²) in [7, 11) is -0.626. The zero-order chi connectivity index (χ0) is 15.4. The Morgan fingerprint density at radius 3 is 2.76 bits per heavy atom. The third-order valence-corrected chi connectivity index (χ3v) is 4.56. The minimum absolute atomic E-state index is 0.0675. The molecule has 0 radical (unpaired) electrons. The van der Waals surface area contributed by atoms with Crippen molar-refractivity contribution in [2.24, 2.45) is 0 Å². The van der Waals surface area contributed by atoms with Crippen LogP contribution in [-0.2, 0) is 15.7 Å². The van der Waals surface area contributed by atoms with E-state index >= 15 is 0 Å². The number of nitrogens with zero attached hydrogens (tertiary/aromatic N) is 1. The predicted molar refractivity (Wildman–Crippen MR) is 83.4 cm³/mol. The third kappa shape index (κ3) is 2.28. The van der Waals surface area contributed by atoms with Crippen molar-refractivity contribution in [2.45, 2.75) is 45.8 Å². The summed E-state index contributed by atoms with van der Waals surface area (Å²) in [5.74, 6) is -0.203. The van der Waals surface area contributed by atoms with Crippen molar-refractivity contribution < 1.29 is 13.7 Å². The average Bonchev–Trinajstić information content (AvgIpc) is 2.92. The van der Waals surface area contributed by atoms with E-state index in [9.17, 15) is 4.39 Å². The van der Waals surface area contributed by atoms with Crippen LogP contribution in [0.3, 0.4) is 0 Å². The van der Waals surface area contributed by atoms with Gasteiger partial charge in [0.1, 0.15) is 5.82 Å². The number of anilines is 1. The van der Waals surface area contributed by atoms with Gasteiger partial charge in [0.25, 0.3) is 0 Å². The summed E-state index contributed by atoms with van der Waals surface area (Å²) in [6.45, 7) is 12.5. The van der Waals surface area contributed by atoms with Crippen LogP contribution in [0, 0.1) is 5.82 Å². The summed E-state index contributed by atoms with van der Waals surface area (Å²) < 4.78 is 26.5. The van der Waals surface area contributed by atoms with Gasteiger partial charge in [-0.2, -0.15) is 0 Å². The molecule has 0 spiro atoms. The predicted octanol–water partition coefficient (Wildman–Crippen LogP) is 2.63. The second-order valence-electron chi connectivity index (χ2n) is 6.43. The van der Waals surface area contributed by atoms with Crippen molar-refractivity contribution >= 4 is 18.3 Å². The van der Waals surface area contributed by atoms with E-state index in [2.05, 4.69) is 6.58 Å². The van der Waals surface area contributed by atoms with Crippen LogP contribution >= 0.6 is 0 Å². The molecule has 0 N–H and O–H groups in total. The zero-order valence-electron chi connectivity index (χ0n) is 13.1. The van der Waals surface area contributed by atoms with Crippen LogP contribution in [0.4, 0.5) is 10.1 Å². The highest BCUT2D eigenvalue weighted by atomic mass is 19.1. The topological polar surface area (TPSA) is 21.7 Å². The summed E-state index contributed by atoms with van der Waals surface area (Å²) in [6, 6.07) is 3.71. The van der Waals surface area contributed by atoms with Gasteiger partial charge >= 0.3 is 7.12 Å². The molecule has 1 saturated heterocycles. The first-order valence-corrected chi connectivity index (χ1v) is 7.39. The quantitative estimate of drug-likeness (QED) is 0.781. The van der Waals surface area contributed by atoms with Crippen LogP contribution in [0.25, 0.3) is 0 Å². The molecule has 1 atom stereocenters. The molecule has 21 heavy (non-hydrogen) atoms. The maximum absolute atomic E-state index is 14.8. The van der Waals surface area contributed by atoms with E-state index < -0.39 is 12.7 Å². The van der Waals surface area contributed by atoms with Gasteiger partial charge in [0, 0.05) is 29.0 Å². The second-order valence-corrected chi connectivity index (χ2v) is 6.43. The molecule has 2 heterocycles. The fraction of sp³-hybridized carbons (Fsp3) is 0.500. The molecule has 1 fully saturated rings. The molecule has 0 saturated carbocycles. The molecule has 112 valence electrons. The van der Waals surface area contributed by atoms with Gasteiger partial charge in [-0.05, 0) is 40.2 Å². The van der Waals surface area contributed by atoms with Crippen molar-refractivity contribution in [1.82, 2.24) is 0 Å². The lowest BCUT2D eigenvalue weighted by Gasteiger charge is -2.21. The number of fused-ring (bicyclic) bond motifs is 1. The van der Waals surface area contributed by atoms with Crippen molar-refractivity contribution in [3.63, 3.8) is 0 Å². The number of hydrogen-bond donors (Lipinski definition) is 0. The molecule has 0 aliphatic carbocycles. The van der Waals surface area contributed by atoms with Gasteiger partial charge in [0.15, 0.2) is 0 Å². The Morgan fingerprint density at radius 2 is 2.19 bits per heavy atom. The fourth-order valence-corrected chi connectivity index (χ4v) is 2.93. The highest BCUT2D eigenvalue weighted by molar-refractivity contribution is 6.62. The van der Waals surface area contributed by atoms with Crippen LogP contribution in [0.15, 0.2) is 24.4 Å². The van der Waals surface area contributed by atoms with Crippen molar-refractivity contribution in [2.75, 3.05) is 11.4 Å². The van der Waals surface area contributed by atoms with Crippen molar-refractivity contribution in [1.29, 1.82) is 0 Å². The lowest BCUT2D eigenvalue weighted by molar-refractivity contribution is 0.0842. The van der Waals surface area contributed by atoms with E-state index in [-0.39, 0.29) is 11.9 Å². The molecule has 2 aliphatic heterocycles. The molecule has 1 aromatic carbocycles. The molecule has 3 rings (SSSR count). The van der Waals surface area contributed by atoms with E-state index in [1.54, 1.807) is 6.07 Å². The van der Waals surface area contributed by atoms with E-state index in [1.165, 1.54) is 0 Å². The first kappa shape index (κ1) is 14.6. The van der Waals surface area contributed by atoms with Crippen molar-refractivity contribution in [3.8, 4) is 0 Å². The molecular formula is C16H21BFNO2. The Hall–Kier alpha value is -1.33. The Balaban J connectivity index is 1.95. The number of allylic oxidation sites excluding steroid dienone is 1. The summed E-state index contributed by atoms with van der Waals surface area (Å²) in [4.78, 5) is 2.05. The number of benzene rings is 1. The second kappa shape index (κ2) is 4.85. The summed E-state index contributed by atoms with van der Waals surface area (Å²) >= 11 is 0. The van der Waals surface area contributed by atoms with E-state index in [0.29, 0.717) is 11.9 Å². The van der Waals surface area contributed by atoms with Gasteiger partial charge in [0.05, 0.1) is 11.7 Å². The normalized spacial score (nSPS) is 23.6. The Bertz CT molecular complexity index is 602. The molecular weight excluding hydrogens is 268 g/mol. The molecule has 5 heteroatoms. The molecule has 0 amide bonds. The van der Waals surface area contributed by atoms with Gasteiger partial charge in [-0.25, -0.2) is 4.39 Å². The summed E-state index contributed by atoms with van der Waals surface area (Å²) in [5.41, 5.74) is 2.67. The fourth-order valence-electron chi connectivity index (χ4n) is 2.93. The number of rotatable bonds is 2. The van der Waals surface area contributed by atoms with Gasteiger partial charge in [0.2, 0.25) is 0 Å². The third-order valence-electron chi connectivity index (χ3n) is 4.56. The van der Waals surface area contributed by atoms with Crippen LogP contribution in [0.5, 0.6) is 0 Å². The van der Waals surface area contributed by atoms with Crippen LogP contribution in [-0.4, -0.2) is 25.4 Å². The van der Waals surface area contributed by atoms with E-state index in [0.717, 1.165) is 23.5 Å². The summed E-state index contributed by atoms with van der Waals surface area (Å²) in [5, 5.41) is 0. The molecule has 1 unspecified atom stereocenters. The Kier molecular flexibility index (Phi) is 3.37. The average molecular weight is 289 g/mol. The molecule has 2 aliphatic rings. The van der Waals surface area contributed by atoms with Crippen LogP contribution < -0.4 is 10.4 Å². The van der Waals surface area contributed by atoms with E-state index in [4.69, 9.17) is 9.31 Å². The van der Waals surface area contributed by atoms with E-state index in [1.807, 2.05) is 38.7 Å². The van der Waals surface area contributed by atoms with Gasteiger partial charge in [-0.3, -0.25) is 0 Å². The molecule has 0 bridgehead atoms. The largest absolute Gasteiger partial charge is 0.497 e. The number of halogens is 1. The lowest BCUT2D eigenvalue weighted by Crippen LogP contribution is -2.37. The number of hydrogen-bond acceptors (Lipinski definition) is 3. The monoisotopic (exact) mass is 289 g/mol. The Labute approximate surface area is 125 Å². The van der Waals surface area contributed by atoms with Gasteiger partial charge in [-0.15, -0.1) is 0 Å². The maximum atomic E-state index is 14.8. The minimum atomic E-state index is -0.626. The Morgan fingerprint density at radius 1 is 1.48 bits per heavy atom. The van der Waals surface area contributed by atoms with Gasteiger partial charge < -0.3 is 14.2 Å². The summed E-state index contributed by atoms with van der Waals surface area (Å²) in [6.07, 6.45) is 0.621. The van der Waals surface area contributed by atoms with Crippen LogP contribution in [0.2, 0.25) is 0 Å². The highest BCUT2D eigenvalue weighted by Crippen LogP contribution is 2.33. The molecule has 0 aromatic heterocycles. The maximum Gasteiger partial charge on any atom is 0.497 e. The lowest BCUT2D eigenvalue weighted by atomic mass is 9.77. The first-order valence-electron chi connectivity index (χ1n) is 7.39. The van der Waals surface area contributed by atoms with Crippen molar-refractivity contribution in [3.05, 3.63) is 35.8 Å². The first-order chi connectivity index (χ1) is 9.81. The molecule has 1 aromatic rings. The zero-order valence-corrected chi connectivity index (χ0v) is 13.1. The van der Waals surface area contributed by atoms with Crippen LogP contribution in [0.1, 0.15) is 33.3 Å². The SMILES string of the molecule is C=C(C)N1CCc2c1ccc(B1OC(C)C(C)(C)O1)c2F. The highest BCUT2D eigenvalue weighted by Gasteiger charge is 2.45. The van der Waals surface area contributed by atoms with Gasteiger partial charge in [-0.1, -0.05) is 12.6 Å². The smallest absolute Gasteiger partial charge is 0.402 e. The standard InChI is InChI=1S/C16H21BFNO2/c1-10(2)19-9-8-12-14(19)7-6-13(15(12)18)17-20-11(3)16(4,5)21-17/h6-7,11H,1,8-9H2,2-5H3. The molecule has 3 nitrogen and oxygen atoms in total. The minimum Gasteiger partial charge on any atom is -0.402 e.